The molecule has 1 aromatic rings. The molecule has 0 atom stereocenters. The van der Waals surface area contributed by atoms with E-state index >= 15 is 0 Å². The van der Waals surface area contributed by atoms with E-state index in [1.54, 1.807) is 4.90 Å². The molecule has 2 nitrogen and oxygen atoms in total. The number of carbonyl (C=O) groups excluding carboxylic acids is 1. The van der Waals surface area contributed by atoms with Gasteiger partial charge < -0.3 is 4.90 Å². The first-order valence-corrected chi connectivity index (χ1v) is 5.02. The van der Waals surface area contributed by atoms with Gasteiger partial charge in [-0.05, 0) is 12.0 Å². The van der Waals surface area contributed by atoms with E-state index in [0.717, 1.165) is 13.0 Å². The van der Waals surface area contributed by atoms with Crippen LogP contribution < -0.4 is 0 Å². The summed E-state index contributed by atoms with van der Waals surface area (Å²) < 4.78 is 0. The highest BCUT2D eigenvalue weighted by atomic mass is 16.2. The smallest absolute Gasteiger partial charge is 0.222 e. The second kappa shape index (κ2) is 5.43. The first kappa shape index (κ1) is 10.8. The molecule has 1 rings (SSSR count). The third kappa shape index (κ3) is 3.21. The second-order valence-electron chi connectivity index (χ2n) is 3.40. The fourth-order valence-corrected chi connectivity index (χ4v) is 1.34. The summed E-state index contributed by atoms with van der Waals surface area (Å²) in [6.45, 7) is 2.69. The molecule has 0 saturated heterocycles. The first-order valence-electron chi connectivity index (χ1n) is 5.02. The maximum absolute atomic E-state index is 11.3. The predicted octanol–water partition coefficient (Wildman–Crippen LogP) is 2.10. The van der Waals surface area contributed by atoms with Gasteiger partial charge in [-0.2, -0.15) is 0 Å². The van der Waals surface area contributed by atoms with Crippen LogP contribution in [0.25, 0.3) is 0 Å². The molecule has 0 aromatic heterocycles. The predicted molar refractivity (Wildman–Crippen MR) is 58.1 cm³/mol. The lowest BCUT2D eigenvalue weighted by molar-refractivity contribution is -0.129. The molecule has 0 N–H and O–H groups in total. The summed E-state index contributed by atoms with van der Waals surface area (Å²) in [4.78, 5) is 13.0. The number of benzene rings is 1. The van der Waals surface area contributed by atoms with Gasteiger partial charge in [0.05, 0.1) is 0 Å². The fourth-order valence-electron chi connectivity index (χ4n) is 1.34. The van der Waals surface area contributed by atoms with Crippen molar-refractivity contribution in [3.05, 3.63) is 35.9 Å². The number of hydrogen-bond donors (Lipinski definition) is 0. The van der Waals surface area contributed by atoms with Gasteiger partial charge >= 0.3 is 0 Å². The fraction of sp³-hybridized carbons (Fsp3) is 0.417. The Morgan fingerprint density at radius 3 is 2.50 bits per heavy atom. The lowest BCUT2D eigenvalue weighted by atomic mass is 10.1. The minimum atomic E-state index is 0.209. The van der Waals surface area contributed by atoms with Crippen molar-refractivity contribution in [2.45, 2.75) is 19.8 Å². The molecule has 0 fully saturated rings. The topological polar surface area (TPSA) is 20.3 Å². The Hall–Kier alpha value is -1.31. The second-order valence-corrected chi connectivity index (χ2v) is 3.40. The van der Waals surface area contributed by atoms with Crippen molar-refractivity contribution in [3.63, 3.8) is 0 Å². The largest absolute Gasteiger partial charge is 0.345 e. The molecular formula is C12H17NO. The van der Waals surface area contributed by atoms with E-state index in [4.69, 9.17) is 0 Å². The van der Waals surface area contributed by atoms with E-state index in [1.807, 2.05) is 32.2 Å². The van der Waals surface area contributed by atoms with Crippen LogP contribution in [0.3, 0.4) is 0 Å². The molecule has 0 bridgehead atoms. The summed E-state index contributed by atoms with van der Waals surface area (Å²) in [6, 6.07) is 10.2. The molecule has 0 aliphatic carbocycles. The molecule has 1 aromatic carbocycles. The number of nitrogens with zero attached hydrogens (tertiary/aromatic N) is 1. The van der Waals surface area contributed by atoms with Crippen molar-refractivity contribution in [1.29, 1.82) is 0 Å². The SMILES string of the molecule is CCC(=O)N(C)CCc1ccccc1. The van der Waals surface area contributed by atoms with Gasteiger partial charge in [0.15, 0.2) is 0 Å². The van der Waals surface area contributed by atoms with Crippen molar-refractivity contribution >= 4 is 5.91 Å². The van der Waals surface area contributed by atoms with Crippen LogP contribution in [0.4, 0.5) is 0 Å². The van der Waals surface area contributed by atoms with E-state index in [-0.39, 0.29) is 5.91 Å². The number of rotatable bonds is 4. The van der Waals surface area contributed by atoms with E-state index in [0.29, 0.717) is 6.42 Å². The molecule has 0 heterocycles. The maximum Gasteiger partial charge on any atom is 0.222 e. The zero-order valence-electron chi connectivity index (χ0n) is 8.86. The summed E-state index contributed by atoms with van der Waals surface area (Å²) in [6.07, 6.45) is 1.52. The standard InChI is InChI=1S/C12H17NO/c1-3-12(14)13(2)10-9-11-7-5-4-6-8-11/h4-8H,3,9-10H2,1-2H3. The minimum Gasteiger partial charge on any atom is -0.345 e. The van der Waals surface area contributed by atoms with Crippen LogP contribution in [0, 0.1) is 0 Å². The molecule has 0 spiro atoms. The summed E-state index contributed by atoms with van der Waals surface area (Å²) >= 11 is 0. The highest BCUT2D eigenvalue weighted by molar-refractivity contribution is 5.75. The van der Waals surface area contributed by atoms with Crippen LogP contribution in [0.2, 0.25) is 0 Å². The Labute approximate surface area is 85.5 Å². The zero-order chi connectivity index (χ0) is 10.4. The van der Waals surface area contributed by atoms with Gasteiger partial charge in [0.25, 0.3) is 0 Å². The number of hydrogen-bond acceptors (Lipinski definition) is 1. The maximum atomic E-state index is 11.3. The summed E-state index contributed by atoms with van der Waals surface area (Å²) in [5, 5.41) is 0. The Morgan fingerprint density at radius 2 is 1.93 bits per heavy atom. The number of likely N-dealkylation sites (N-methyl/N-ethyl adjacent to an activating group) is 1. The average Bonchev–Trinajstić information content (AvgIpc) is 2.26. The normalized spacial score (nSPS) is 9.86. The Bertz CT molecular complexity index is 282. The highest BCUT2D eigenvalue weighted by Gasteiger charge is 2.04. The van der Waals surface area contributed by atoms with Crippen LogP contribution >= 0.6 is 0 Å². The molecule has 0 aliphatic heterocycles. The van der Waals surface area contributed by atoms with Gasteiger partial charge in [-0.3, -0.25) is 4.79 Å². The van der Waals surface area contributed by atoms with Gasteiger partial charge in [0, 0.05) is 20.0 Å². The molecule has 14 heavy (non-hydrogen) atoms. The number of amides is 1. The van der Waals surface area contributed by atoms with Crippen molar-refractivity contribution < 1.29 is 4.79 Å². The van der Waals surface area contributed by atoms with Crippen molar-refractivity contribution in [2.24, 2.45) is 0 Å². The third-order valence-corrected chi connectivity index (χ3v) is 2.31. The zero-order valence-corrected chi connectivity index (χ0v) is 8.86. The van der Waals surface area contributed by atoms with Crippen molar-refractivity contribution in [3.8, 4) is 0 Å². The van der Waals surface area contributed by atoms with Gasteiger partial charge in [-0.1, -0.05) is 37.3 Å². The highest BCUT2D eigenvalue weighted by Crippen LogP contribution is 2.01. The molecule has 0 saturated carbocycles. The Kier molecular flexibility index (Phi) is 4.17. The van der Waals surface area contributed by atoms with Gasteiger partial charge in [-0.15, -0.1) is 0 Å². The lowest BCUT2D eigenvalue weighted by Crippen LogP contribution is -2.27. The van der Waals surface area contributed by atoms with Gasteiger partial charge in [-0.25, -0.2) is 0 Å². The molecule has 0 unspecified atom stereocenters. The summed E-state index contributed by atoms with van der Waals surface area (Å²) in [7, 11) is 1.86. The van der Waals surface area contributed by atoms with Crippen molar-refractivity contribution in [2.75, 3.05) is 13.6 Å². The van der Waals surface area contributed by atoms with Crippen LogP contribution in [-0.2, 0) is 11.2 Å². The Morgan fingerprint density at radius 1 is 1.29 bits per heavy atom. The Balaban J connectivity index is 2.38. The van der Waals surface area contributed by atoms with Crippen LogP contribution in [0.15, 0.2) is 30.3 Å². The quantitative estimate of drug-likeness (QED) is 0.713. The summed E-state index contributed by atoms with van der Waals surface area (Å²) in [5.74, 6) is 0.209. The van der Waals surface area contributed by atoms with Crippen molar-refractivity contribution in [1.82, 2.24) is 4.90 Å². The number of carbonyl (C=O) groups is 1. The first-order chi connectivity index (χ1) is 6.74. The molecule has 76 valence electrons. The average molecular weight is 191 g/mol. The minimum absolute atomic E-state index is 0.209. The van der Waals surface area contributed by atoms with Crippen LogP contribution in [0.5, 0.6) is 0 Å². The van der Waals surface area contributed by atoms with E-state index in [1.165, 1.54) is 5.56 Å². The molecule has 2 heteroatoms. The van der Waals surface area contributed by atoms with Crippen LogP contribution in [0.1, 0.15) is 18.9 Å². The van der Waals surface area contributed by atoms with Gasteiger partial charge in [0.2, 0.25) is 5.91 Å². The van der Waals surface area contributed by atoms with Gasteiger partial charge in [0.1, 0.15) is 0 Å². The van der Waals surface area contributed by atoms with Crippen LogP contribution in [-0.4, -0.2) is 24.4 Å². The molecule has 1 amide bonds. The van der Waals surface area contributed by atoms with E-state index in [9.17, 15) is 4.79 Å². The molecule has 0 radical (unpaired) electrons. The summed E-state index contributed by atoms with van der Waals surface area (Å²) in [5.41, 5.74) is 1.28. The monoisotopic (exact) mass is 191 g/mol. The van der Waals surface area contributed by atoms with E-state index in [2.05, 4.69) is 12.1 Å². The lowest BCUT2D eigenvalue weighted by Gasteiger charge is -2.15. The molecular weight excluding hydrogens is 174 g/mol. The third-order valence-electron chi connectivity index (χ3n) is 2.31. The van der Waals surface area contributed by atoms with E-state index < -0.39 is 0 Å². The molecule has 0 aliphatic rings.